The van der Waals surface area contributed by atoms with Gasteiger partial charge in [-0.3, -0.25) is 0 Å². The van der Waals surface area contributed by atoms with Crippen LogP contribution in [0.15, 0.2) is 0 Å². The van der Waals surface area contributed by atoms with E-state index in [-0.39, 0.29) is 14.1 Å². The van der Waals surface area contributed by atoms with E-state index in [1.807, 2.05) is 0 Å². The maximum atomic E-state index is 2.37. The zero-order chi connectivity index (χ0) is 17.0. The van der Waals surface area contributed by atoms with Crippen molar-refractivity contribution in [1.82, 2.24) is 0 Å². The van der Waals surface area contributed by atoms with E-state index in [2.05, 4.69) is 20.8 Å². The van der Waals surface area contributed by atoms with Gasteiger partial charge >= 0.3 is 0 Å². The smallest absolute Gasteiger partial charge is 0.0939 e. The van der Waals surface area contributed by atoms with Crippen molar-refractivity contribution in [3.8, 4) is 0 Å². The molecule has 0 spiro atoms. The predicted octanol–water partition coefficient (Wildman–Crippen LogP) is 8.78. The Morgan fingerprint density at radius 3 is 1.04 bits per heavy atom. The minimum atomic E-state index is -0.380. The first kappa shape index (κ1) is 23.5. The maximum Gasteiger partial charge on any atom is 0.261 e. The molecule has 0 aliphatic heterocycles. The van der Waals surface area contributed by atoms with Crippen LogP contribution in [0.5, 0.6) is 0 Å². The molecule has 0 aromatic heterocycles. The quantitative estimate of drug-likeness (QED) is 0.163. The van der Waals surface area contributed by atoms with Crippen molar-refractivity contribution in [2.75, 3.05) is 0 Å². The average molecular weight is 339 g/mol. The van der Waals surface area contributed by atoms with Crippen LogP contribution in [0, 0.1) is 0 Å². The van der Waals surface area contributed by atoms with Gasteiger partial charge < -0.3 is 0 Å². The highest BCUT2D eigenvalue weighted by Crippen LogP contribution is 2.19. The molecule has 23 heavy (non-hydrogen) atoms. The van der Waals surface area contributed by atoms with Gasteiger partial charge in [0.25, 0.3) is 14.1 Å². The molecule has 0 nitrogen and oxygen atoms in total. The number of unbranched alkanes of at least 4 members (excludes halogenated alkanes) is 13. The summed E-state index contributed by atoms with van der Waals surface area (Å²) in [5.74, 6) is 0. The fourth-order valence-corrected chi connectivity index (χ4v) is 7.29. The average Bonchev–Trinajstić information content (AvgIpc) is 2.57. The Bertz CT molecular complexity index is 202. The summed E-state index contributed by atoms with van der Waals surface area (Å²) < 4.78 is 0. The Balaban J connectivity index is 3.54. The molecule has 0 unspecified atom stereocenters. The van der Waals surface area contributed by atoms with E-state index >= 15 is 0 Å². The number of hydrogen-bond donors (Lipinski definition) is 0. The number of rotatable bonds is 19. The Labute approximate surface area is 153 Å². The van der Waals surface area contributed by atoms with Gasteiger partial charge in [0, 0.05) is 0 Å². The fraction of sp³-hybridized carbons (Fsp3) is 1.00. The monoisotopic (exact) mass is 338 g/mol. The Morgan fingerprint density at radius 2 is 0.652 bits per heavy atom. The van der Waals surface area contributed by atoms with E-state index in [1.54, 1.807) is 28.7 Å². The second kappa shape index (κ2) is 20.6. The molecule has 0 atom stereocenters. The van der Waals surface area contributed by atoms with E-state index in [0.717, 1.165) is 0 Å². The van der Waals surface area contributed by atoms with Crippen molar-refractivity contribution < 1.29 is 0 Å². The lowest BCUT2D eigenvalue weighted by atomic mass is 10.1. The molecule has 0 rings (SSSR count). The minimum absolute atomic E-state index is 0.380. The van der Waals surface area contributed by atoms with Crippen LogP contribution in [-0.4, -0.2) is 14.1 Å². The van der Waals surface area contributed by atoms with Crippen molar-refractivity contribution in [3.05, 3.63) is 0 Å². The van der Waals surface area contributed by atoms with Crippen LogP contribution in [0.1, 0.15) is 124 Å². The van der Waals surface area contributed by atoms with Crippen molar-refractivity contribution in [1.29, 1.82) is 0 Å². The summed E-state index contributed by atoms with van der Waals surface area (Å²) in [6.07, 6.45) is 23.7. The van der Waals surface area contributed by atoms with Crippen LogP contribution in [0.25, 0.3) is 0 Å². The second-order valence-electron chi connectivity index (χ2n) is 7.83. The molecule has 0 amide bonds. The largest absolute Gasteiger partial charge is 0.261 e. The van der Waals surface area contributed by atoms with Gasteiger partial charge in [-0.2, -0.15) is 0 Å². The van der Waals surface area contributed by atoms with E-state index < -0.39 is 0 Å². The maximum absolute atomic E-state index is 2.37. The molecule has 0 saturated heterocycles. The molecule has 0 aromatic rings. The summed E-state index contributed by atoms with van der Waals surface area (Å²) in [7, 11) is 0. The van der Waals surface area contributed by atoms with Crippen LogP contribution in [0.3, 0.4) is 0 Å². The lowest BCUT2D eigenvalue weighted by Gasteiger charge is -2.11. The lowest BCUT2D eigenvalue weighted by Crippen LogP contribution is -2.11. The first-order valence-electron chi connectivity index (χ1n) is 11.3. The van der Waals surface area contributed by atoms with Gasteiger partial charge in [-0.1, -0.05) is 139 Å². The number of hydrogen-bond acceptors (Lipinski definition) is 0. The predicted molar refractivity (Wildman–Crippen MR) is 111 cm³/mol. The van der Waals surface area contributed by atoms with E-state index in [4.69, 9.17) is 0 Å². The molecule has 0 N–H and O–H groups in total. The highest BCUT2D eigenvalue weighted by Gasteiger charge is 2.15. The topological polar surface area (TPSA) is 0 Å². The first-order valence-corrected chi connectivity index (χ1v) is 13.8. The zero-order valence-electron chi connectivity index (χ0n) is 17.0. The molecule has 1 heteroatoms. The second-order valence-corrected chi connectivity index (χ2v) is 11.3. The van der Waals surface area contributed by atoms with Crippen molar-refractivity contribution >= 4 is 14.1 Å². The van der Waals surface area contributed by atoms with Gasteiger partial charge in [0.2, 0.25) is 0 Å². The molecule has 0 radical (unpaired) electrons. The first-order chi connectivity index (χ1) is 11.3. The molecule has 0 heterocycles. The molecule has 0 aromatic carbocycles. The van der Waals surface area contributed by atoms with Gasteiger partial charge in [-0.05, 0) is 0 Å². The van der Waals surface area contributed by atoms with E-state index in [0.29, 0.717) is 0 Å². The summed E-state index contributed by atoms with van der Waals surface area (Å²) in [6.45, 7) is 6.99. The third kappa shape index (κ3) is 18.7. The standard InChI is InChI=1S/C10H21.C8H17.C4H9.Al/c1-3-5-7-9-10-8-6-4-2;1-3-5-7-8-6-4-2;1-3-4-2;/h1,3-10H2,2H3;1,3-8H2,2H3;1,3-4H2,2H3;. The van der Waals surface area contributed by atoms with Gasteiger partial charge in [-0.15, -0.1) is 0 Å². The molecule has 0 aliphatic rings. The highest BCUT2D eigenvalue weighted by molar-refractivity contribution is 6.58. The summed E-state index contributed by atoms with van der Waals surface area (Å²) in [4.78, 5) is 0. The molecule has 0 bridgehead atoms. The van der Waals surface area contributed by atoms with Gasteiger partial charge in [0.1, 0.15) is 0 Å². The Kier molecular flexibility index (Phi) is 21.1. The third-order valence-corrected chi connectivity index (χ3v) is 9.07. The van der Waals surface area contributed by atoms with Crippen molar-refractivity contribution in [2.45, 2.75) is 139 Å². The zero-order valence-corrected chi connectivity index (χ0v) is 18.2. The summed E-state index contributed by atoms with van der Waals surface area (Å²) in [5, 5.41) is 4.95. The Morgan fingerprint density at radius 1 is 0.348 bits per heavy atom. The van der Waals surface area contributed by atoms with Crippen LogP contribution < -0.4 is 0 Å². The van der Waals surface area contributed by atoms with Crippen LogP contribution in [-0.2, 0) is 0 Å². The molecule has 0 saturated carbocycles. The molecule has 138 valence electrons. The normalized spacial score (nSPS) is 11.1. The van der Waals surface area contributed by atoms with Crippen molar-refractivity contribution in [2.24, 2.45) is 0 Å². The SMILES string of the molecule is CCCCCCCCC[CH2][Al]([CH2]CCC)[CH2]CCCCCCC. The van der Waals surface area contributed by atoms with Crippen molar-refractivity contribution in [3.63, 3.8) is 0 Å². The van der Waals surface area contributed by atoms with Gasteiger partial charge in [0.15, 0.2) is 0 Å². The van der Waals surface area contributed by atoms with Crippen LogP contribution >= 0.6 is 0 Å². The van der Waals surface area contributed by atoms with Crippen LogP contribution in [0.2, 0.25) is 15.8 Å². The fourth-order valence-electron chi connectivity index (χ4n) is 3.71. The third-order valence-electron chi connectivity index (χ3n) is 5.40. The van der Waals surface area contributed by atoms with E-state index in [9.17, 15) is 0 Å². The molecular weight excluding hydrogens is 291 g/mol. The summed E-state index contributed by atoms with van der Waals surface area (Å²) >= 11 is -0.380. The molecule has 0 aliphatic carbocycles. The highest BCUT2D eigenvalue weighted by atomic mass is 27.2. The molecule has 0 fully saturated rings. The Hall–Kier alpha value is 0.532. The van der Waals surface area contributed by atoms with Gasteiger partial charge in [0.05, 0.1) is 0 Å². The molecular formula is C22H47Al. The van der Waals surface area contributed by atoms with Gasteiger partial charge in [-0.25, -0.2) is 0 Å². The van der Waals surface area contributed by atoms with E-state index in [1.165, 1.54) is 89.9 Å². The summed E-state index contributed by atoms with van der Waals surface area (Å²) in [5.41, 5.74) is 0. The lowest BCUT2D eigenvalue weighted by molar-refractivity contribution is 0.583. The minimum Gasteiger partial charge on any atom is -0.0939 e. The van der Waals surface area contributed by atoms with Crippen LogP contribution in [0.4, 0.5) is 0 Å². The summed E-state index contributed by atoms with van der Waals surface area (Å²) in [6, 6.07) is 0.